The molecular formula is C45H29N3O. The maximum absolute atomic E-state index is 6.39. The molecule has 2 aromatic heterocycles. The molecule has 0 aliphatic carbocycles. The van der Waals surface area contributed by atoms with Gasteiger partial charge in [-0.15, -0.1) is 0 Å². The smallest absolute Gasteiger partial charge is 0.167 e. The first-order valence-corrected chi connectivity index (χ1v) is 16.4. The van der Waals surface area contributed by atoms with Gasteiger partial charge in [-0.05, 0) is 63.7 Å². The first kappa shape index (κ1) is 28.6. The van der Waals surface area contributed by atoms with Crippen LogP contribution >= 0.6 is 0 Å². The third-order valence-electron chi connectivity index (χ3n) is 8.93. The minimum absolute atomic E-state index is 0.569. The third-order valence-corrected chi connectivity index (χ3v) is 8.93. The molecule has 0 spiro atoms. The Morgan fingerprint density at radius 2 is 0.735 bits per heavy atom. The van der Waals surface area contributed by atoms with Crippen molar-refractivity contribution in [1.82, 2.24) is 15.0 Å². The van der Waals surface area contributed by atoms with Gasteiger partial charge in [0, 0.05) is 21.9 Å². The molecule has 0 fully saturated rings. The molecule has 0 unspecified atom stereocenters. The van der Waals surface area contributed by atoms with Gasteiger partial charge in [0.1, 0.15) is 11.2 Å². The summed E-state index contributed by atoms with van der Waals surface area (Å²) < 4.78 is 6.39. The Bertz CT molecular complexity index is 2610. The fraction of sp³-hybridized carbons (Fsp3) is 0. The van der Waals surface area contributed by atoms with Crippen LogP contribution < -0.4 is 0 Å². The van der Waals surface area contributed by atoms with E-state index in [1.807, 2.05) is 66.7 Å². The van der Waals surface area contributed by atoms with Crippen LogP contribution in [0.5, 0.6) is 0 Å². The molecule has 0 N–H and O–H groups in total. The third kappa shape index (κ3) is 5.45. The molecule has 0 saturated carbocycles. The Morgan fingerprint density at radius 3 is 1.39 bits per heavy atom. The van der Waals surface area contributed by atoms with Crippen molar-refractivity contribution in [3.63, 3.8) is 0 Å². The summed E-state index contributed by atoms with van der Waals surface area (Å²) in [6.07, 6.45) is 0. The fourth-order valence-corrected chi connectivity index (χ4v) is 6.49. The lowest BCUT2D eigenvalue weighted by molar-refractivity contribution is 0.669. The van der Waals surface area contributed by atoms with Gasteiger partial charge in [0.15, 0.2) is 17.5 Å². The van der Waals surface area contributed by atoms with Crippen LogP contribution in [0.2, 0.25) is 0 Å². The molecule has 9 rings (SSSR count). The molecule has 0 aliphatic heterocycles. The molecule has 4 nitrogen and oxygen atoms in total. The highest BCUT2D eigenvalue weighted by Gasteiger charge is 2.18. The van der Waals surface area contributed by atoms with Crippen molar-refractivity contribution in [1.29, 1.82) is 0 Å². The van der Waals surface area contributed by atoms with Gasteiger partial charge in [-0.25, -0.2) is 15.0 Å². The van der Waals surface area contributed by atoms with Gasteiger partial charge < -0.3 is 4.42 Å². The number of aromatic nitrogens is 3. The summed E-state index contributed by atoms with van der Waals surface area (Å²) in [7, 11) is 0. The predicted octanol–water partition coefficient (Wildman–Crippen LogP) is 11.8. The van der Waals surface area contributed by atoms with Crippen molar-refractivity contribution < 1.29 is 4.42 Å². The lowest BCUT2D eigenvalue weighted by Crippen LogP contribution is -2.00. The van der Waals surface area contributed by atoms with Crippen molar-refractivity contribution in [2.24, 2.45) is 0 Å². The molecule has 0 saturated heterocycles. The van der Waals surface area contributed by atoms with Gasteiger partial charge in [-0.1, -0.05) is 146 Å². The number of para-hydroxylation sites is 2. The molecule has 4 heteroatoms. The number of fused-ring (bicyclic) bond motifs is 3. The van der Waals surface area contributed by atoms with Gasteiger partial charge in [0.2, 0.25) is 0 Å². The second kappa shape index (κ2) is 12.2. The molecule has 49 heavy (non-hydrogen) atoms. The lowest BCUT2D eigenvalue weighted by Gasteiger charge is -2.11. The summed E-state index contributed by atoms with van der Waals surface area (Å²) >= 11 is 0. The van der Waals surface area contributed by atoms with Crippen LogP contribution in [0.25, 0.3) is 89.5 Å². The zero-order valence-electron chi connectivity index (χ0n) is 26.5. The summed E-state index contributed by atoms with van der Waals surface area (Å²) in [5.41, 5.74) is 11.2. The van der Waals surface area contributed by atoms with E-state index in [9.17, 15) is 0 Å². The summed E-state index contributed by atoms with van der Waals surface area (Å²) in [4.78, 5) is 15.1. The van der Waals surface area contributed by atoms with Gasteiger partial charge in [-0.3, -0.25) is 0 Å². The number of rotatable bonds is 6. The maximum Gasteiger partial charge on any atom is 0.167 e. The van der Waals surface area contributed by atoms with Gasteiger partial charge >= 0.3 is 0 Å². The van der Waals surface area contributed by atoms with Gasteiger partial charge in [0.25, 0.3) is 0 Å². The fourth-order valence-electron chi connectivity index (χ4n) is 6.49. The van der Waals surface area contributed by atoms with E-state index in [2.05, 4.69) is 109 Å². The molecule has 0 atom stereocenters. The van der Waals surface area contributed by atoms with Crippen LogP contribution in [-0.2, 0) is 0 Å². The van der Waals surface area contributed by atoms with Crippen molar-refractivity contribution in [2.45, 2.75) is 0 Å². The van der Waals surface area contributed by atoms with E-state index in [0.717, 1.165) is 55.3 Å². The van der Waals surface area contributed by atoms with E-state index in [0.29, 0.717) is 17.5 Å². The van der Waals surface area contributed by atoms with E-state index in [-0.39, 0.29) is 0 Å². The lowest BCUT2D eigenvalue weighted by atomic mass is 9.95. The van der Waals surface area contributed by atoms with Gasteiger partial charge in [0.05, 0.1) is 5.56 Å². The quantitative estimate of drug-likeness (QED) is 0.184. The largest absolute Gasteiger partial charge is 0.455 e. The molecule has 0 bridgehead atoms. The Labute approximate surface area is 284 Å². The van der Waals surface area contributed by atoms with Crippen LogP contribution in [0.3, 0.4) is 0 Å². The van der Waals surface area contributed by atoms with E-state index < -0.39 is 0 Å². The standard InChI is InChI=1S/C45H29N3O/c1-3-13-30(14-4-1)32-17-9-18-33(27-32)34-19-10-20-35(28-34)36-21-11-22-37(29-36)44-46-43(31-15-5-2-6-16-31)47-45(48-44)40-25-12-24-39-38-23-7-8-26-41(38)49-42(39)40/h1-29H. The van der Waals surface area contributed by atoms with Crippen molar-refractivity contribution >= 4 is 21.9 Å². The number of nitrogens with zero attached hydrogens (tertiary/aromatic N) is 3. The molecular weight excluding hydrogens is 599 g/mol. The Morgan fingerprint density at radius 1 is 0.306 bits per heavy atom. The van der Waals surface area contributed by atoms with Crippen molar-refractivity contribution in [3.05, 3.63) is 176 Å². The Balaban J connectivity index is 1.14. The van der Waals surface area contributed by atoms with Crippen LogP contribution in [-0.4, -0.2) is 15.0 Å². The summed E-state index contributed by atoms with van der Waals surface area (Å²) in [5.74, 6) is 1.78. The molecule has 230 valence electrons. The number of hydrogen-bond acceptors (Lipinski definition) is 4. The first-order valence-electron chi connectivity index (χ1n) is 16.4. The highest BCUT2D eigenvalue weighted by Crippen LogP contribution is 2.36. The van der Waals surface area contributed by atoms with Crippen molar-refractivity contribution in [2.75, 3.05) is 0 Å². The summed E-state index contributed by atoms with van der Waals surface area (Å²) in [6, 6.07) is 60.6. The first-order chi connectivity index (χ1) is 24.3. The average molecular weight is 628 g/mol. The van der Waals surface area contributed by atoms with Gasteiger partial charge in [-0.2, -0.15) is 0 Å². The molecule has 0 radical (unpaired) electrons. The zero-order valence-corrected chi connectivity index (χ0v) is 26.5. The summed E-state index contributed by atoms with van der Waals surface area (Å²) in [6.45, 7) is 0. The molecule has 0 aliphatic rings. The highest BCUT2D eigenvalue weighted by molar-refractivity contribution is 6.09. The normalized spacial score (nSPS) is 11.3. The molecule has 7 aromatic carbocycles. The van der Waals surface area contributed by atoms with E-state index in [1.54, 1.807) is 0 Å². The molecule has 2 heterocycles. The van der Waals surface area contributed by atoms with E-state index >= 15 is 0 Å². The zero-order chi connectivity index (χ0) is 32.6. The summed E-state index contributed by atoms with van der Waals surface area (Å²) in [5, 5.41) is 2.10. The van der Waals surface area contributed by atoms with Crippen molar-refractivity contribution in [3.8, 4) is 67.5 Å². The minimum Gasteiger partial charge on any atom is -0.455 e. The minimum atomic E-state index is 0.569. The van der Waals surface area contributed by atoms with Crippen LogP contribution in [0, 0.1) is 0 Å². The number of hydrogen-bond donors (Lipinski definition) is 0. The van der Waals surface area contributed by atoms with Crippen LogP contribution in [0.4, 0.5) is 0 Å². The van der Waals surface area contributed by atoms with Crippen LogP contribution in [0.15, 0.2) is 180 Å². The Kier molecular flexibility index (Phi) is 7.10. The Hall–Kier alpha value is -6.65. The van der Waals surface area contributed by atoms with Crippen LogP contribution in [0.1, 0.15) is 0 Å². The maximum atomic E-state index is 6.39. The number of furan rings is 1. The van der Waals surface area contributed by atoms with E-state index in [1.165, 1.54) is 16.7 Å². The highest BCUT2D eigenvalue weighted by atomic mass is 16.3. The SMILES string of the molecule is c1ccc(-c2cccc(-c3cccc(-c4cccc(-c5nc(-c6ccccc6)nc(-c6cccc7c6oc6ccccc67)n5)c4)c3)c2)cc1. The molecule has 0 amide bonds. The second-order valence-electron chi connectivity index (χ2n) is 12.1. The topological polar surface area (TPSA) is 51.8 Å². The molecule has 9 aromatic rings. The number of benzene rings is 7. The second-order valence-corrected chi connectivity index (χ2v) is 12.1. The monoisotopic (exact) mass is 627 g/mol. The van der Waals surface area contributed by atoms with E-state index in [4.69, 9.17) is 19.4 Å². The average Bonchev–Trinajstić information content (AvgIpc) is 3.58. The predicted molar refractivity (Wildman–Crippen MR) is 200 cm³/mol.